The molecular formula is C10H22ClN3. The molecule has 4 atom stereocenters. The maximum absolute atomic E-state index is 6.06. The number of hydrogen-bond donors (Lipinski definition) is 2. The Balaban J connectivity index is 0.000000980. The second-order valence-electron chi connectivity index (χ2n) is 4.86. The molecule has 4 N–H and O–H groups in total. The van der Waals surface area contributed by atoms with Crippen LogP contribution in [0.15, 0.2) is 0 Å². The van der Waals surface area contributed by atoms with Crippen molar-refractivity contribution in [3.63, 3.8) is 0 Å². The number of halogens is 1. The summed E-state index contributed by atoms with van der Waals surface area (Å²) in [7, 11) is 0. The van der Waals surface area contributed by atoms with Crippen LogP contribution in [0.4, 0.5) is 0 Å². The fraction of sp³-hybridized carbons (Fsp3) is 1.00. The highest BCUT2D eigenvalue weighted by Gasteiger charge is 2.40. The largest absolute Gasteiger partial charge is 0.327 e. The molecular weight excluding hydrogens is 198 g/mol. The minimum absolute atomic E-state index is 0. The summed E-state index contributed by atoms with van der Waals surface area (Å²) in [5, 5.41) is 0. The highest BCUT2D eigenvalue weighted by atomic mass is 35.5. The maximum atomic E-state index is 6.06. The highest BCUT2D eigenvalue weighted by Crippen LogP contribution is 2.36. The van der Waals surface area contributed by atoms with Gasteiger partial charge in [0.25, 0.3) is 0 Å². The topological polar surface area (TPSA) is 55.3 Å². The van der Waals surface area contributed by atoms with Crippen LogP contribution in [0.3, 0.4) is 0 Å². The fourth-order valence-corrected chi connectivity index (χ4v) is 2.96. The first-order valence-electron chi connectivity index (χ1n) is 5.40. The molecule has 2 fully saturated rings. The standard InChI is InChI=1S/C10H21N3.ClH/c1-7(11)4-13-5-8-2-3-10(12)9(8)6-13;/h7-10H,2-6,11-12H2,1H3;1H. The summed E-state index contributed by atoms with van der Waals surface area (Å²) in [6, 6.07) is 0.762. The van der Waals surface area contributed by atoms with Gasteiger partial charge in [-0.15, -0.1) is 12.4 Å². The summed E-state index contributed by atoms with van der Waals surface area (Å²) in [5.74, 6) is 1.63. The number of nitrogens with two attached hydrogens (primary N) is 2. The third-order valence-corrected chi connectivity index (χ3v) is 3.53. The minimum atomic E-state index is 0. The summed E-state index contributed by atoms with van der Waals surface area (Å²) in [6.45, 7) is 5.54. The maximum Gasteiger partial charge on any atom is 0.0139 e. The molecule has 0 aromatic carbocycles. The molecule has 0 aromatic heterocycles. The lowest BCUT2D eigenvalue weighted by Gasteiger charge is -2.19. The molecule has 2 aliphatic rings. The lowest BCUT2D eigenvalue weighted by Crippen LogP contribution is -2.36. The van der Waals surface area contributed by atoms with E-state index in [2.05, 4.69) is 11.8 Å². The van der Waals surface area contributed by atoms with Gasteiger partial charge in [0.2, 0.25) is 0 Å². The van der Waals surface area contributed by atoms with Crippen LogP contribution in [-0.2, 0) is 0 Å². The third kappa shape index (κ3) is 2.40. The van der Waals surface area contributed by atoms with E-state index in [9.17, 15) is 0 Å². The van der Waals surface area contributed by atoms with Gasteiger partial charge >= 0.3 is 0 Å². The van der Waals surface area contributed by atoms with Gasteiger partial charge in [0.15, 0.2) is 0 Å². The van der Waals surface area contributed by atoms with Crippen molar-refractivity contribution in [1.82, 2.24) is 4.90 Å². The average molecular weight is 220 g/mol. The Morgan fingerprint density at radius 3 is 2.64 bits per heavy atom. The lowest BCUT2D eigenvalue weighted by molar-refractivity contribution is 0.291. The van der Waals surface area contributed by atoms with Gasteiger partial charge in [0.05, 0.1) is 0 Å². The van der Waals surface area contributed by atoms with E-state index in [4.69, 9.17) is 11.5 Å². The van der Waals surface area contributed by atoms with E-state index in [0.29, 0.717) is 12.1 Å². The SMILES string of the molecule is CC(N)CN1CC2CCC(N)C2C1.Cl. The van der Waals surface area contributed by atoms with E-state index >= 15 is 0 Å². The molecule has 1 aliphatic carbocycles. The Bertz CT molecular complexity index is 186. The quantitative estimate of drug-likeness (QED) is 0.708. The van der Waals surface area contributed by atoms with E-state index < -0.39 is 0 Å². The number of likely N-dealkylation sites (tertiary alicyclic amines) is 1. The first-order valence-corrected chi connectivity index (χ1v) is 5.40. The molecule has 1 aliphatic heterocycles. The highest BCUT2D eigenvalue weighted by molar-refractivity contribution is 5.85. The van der Waals surface area contributed by atoms with Crippen LogP contribution in [0.2, 0.25) is 0 Å². The molecule has 3 nitrogen and oxygen atoms in total. The Labute approximate surface area is 92.6 Å². The van der Waals surface area contributed by atoms with Gasteiger partial charge in [0.1, 0.15) is 0 Å². The van der Waals surface area contributed by atoms with Crippen LogP contribution >= 0.6 is 12.4 Å². The van der Waals surface area contributed by atoms with Gasteiger partial charge in [0, 0.05) is 31.7 Å². The number of nitrogens with zero attached hydrogens (tertiary/aromatic N) is 1. The Morgan fingerprint density at radius 1 is 1.36 bits per heavy atom. The molecule has 4 heteroatoms. The summed E-state index contributed by atoms with van der Waals surface area (Å²) >= 11 is 0. The molecule has 2 rings (SSSR count). The van der Waals surface area contributed by atoms with Crippen molar-refractivity contribution in [1.29, 1.82) is 0 Å². The molecule has 14 heavy (non-hydrogen) atoms. The first-order chi connectivity index (χ1) is 6.16. The second kappa shape index (κ2) is 4.79. The van der Waals surface area contributed by atoms with E-state index in [-0.39, 0.29) is 12.4 Å². The molecule has 1 heterocycles. The zero-order chi connectivity index (χ0) is 9.42. The molecule has 0 amide bonds. The lowest BCUT2D eigenvalue weighted by atomic mass is 9.98. The summed E-state index contributed by atoms with van der Waals surface area (Å²) in [5.41, 5.74) is 11.8. The van der Waals surface area contributed by atoms with E-state index in [1.54, 1.807) is 0 Å². The van der Waals surface area contributed by atoms with Crippen molar-refractivity contribution in [2.24, 2.45) is 23.3 Å². The number of rotatable bonds is 2. The van der Waals surface area contributed by atoms with Crippen LogP contribution < -0.4 is 11.5 Å². The number of fused-ring (bicyclic) bond motifs is 1. The van der Waals surface area contributed by atoms with E-state index in [0.717, 1.165) is 18.4 Å². The van der Waals surface area contributed by atoms with E-state index in [1.807, 2.05) is 0 Å². The predicted molar refractivity (Wildman–Crippen MR) is 61.5 cm³/mol. The summed E-state index contributed by atoms with van der Waals surface area (Å²) in [6.07, 6.45) is 2.57. The van der Waals surface area contributed by atoms with Crippen LogP contribution in [0.5, 0.6) is 0 Å². The summed E-state index contributed by atoms with van der Waals surface area (Å²) < 4.78 is 0. The van der Waals surface area contributed by atoms with E-state index in [1.165, 1.54) is 25.9 Å². The molecule has 0 aromatic rings. The van der Waals surface area contributed by atoms with Crippen molar-refractivity contribution in [2.75, 3.05) is 19.6 Å². The molecule has 0 bridgehead atoms. The van der Waals surface area contributed by atoms with Crippen molar-refractivity contribution in [3.8, 4) is 0 Å². The third-order valence-electron chi connectivity index (χ3n) is 3.53. The monoisotopic (exact) mass is 219 g/mol. The smallest absolute Gasteiger partial charge is 0.0139 e. The Kier molecular flexibility index (Phi) is 4.19. The first kappa shape index (κ1) is 12.2. The molecule has 84 valence electrons. The zero-order valence-electron chi connectivity index (χ0n) is 8.86. The van der Waals surface area contributed by atoms with Gasteiger partial charge in [-0.1, -0.05) is 0 Å². The molecule has 4 unspecified atom stereocenters. The summed E-state index contributed by atoms with van der Waals surface area (Å²) in [4.78, 5) is 2.49. The zero-order valence-corrected chi connectivity index (χ0v) is 9.67. The van der Waals surface area contributed by atoms with Crippen LogP contribution in [0, 0.1) is 11.8 Å². The molecule has 0 spiro atoms. The van der Waals surface area contributed by atoms with Crippen molar-refractivity contribution in [3.05, 3.63) is 0 Å². The average Bonchev–Trinajstić information content (AvgIpc) is 2.53. The van der Waals surface area contributed by atoms with Crippen LogP contribution in [0.25, 0.3) is 0 Å². The van der Waals surface area contributed by atoms with Gasteiger partial charge < -0.3 is 16.4 Å². The number of hydrogen-bond acceptors (Lipinski definition) is 3. The Hall–Kier alpha value is 0.170. The van der Waals surface area contributed by atoms with Crippen LogP contribution in [-0.4, -0.2) is 36.6 Å². The van der Waals surface area contributed by atoms with Gasteiger partial charge in [-0.05, 0) is 31.6 Å². The van der Waals surface area contributed by atoms with Crippen molar-refractivity contribution >= 4 is 12.4 Å². The second-order valence-corrected chi connectivity index (χ2v) is 4.86. The molecule has 1 saturated heterocycles. The molecule has 1 saturated carbocycles. The predicted octanol–water partition coefficient (Wildman–Crippen LogP) is 0.425. The van der Waals surface area contributed by atoms with Crippen molar-refractivity contribution in [2.45, 2.75) is 31.8 Å². The fourth-order valence-electron chi connectivity index (χ4n) is 2.96. The van der Waals surface area contributed by atoms with Gasteiger partial charge in [-0.2, -0.15) is 0 Å². The minimum Gasteiger partial charge on any atom is -0.327 e. The van der Waals surface area contributed by atoms with Gasteiger partial charge in [-0.3, -0.25) is 0 Å². The Morgan fingerprint density at radius 2 is 2.07 bits per heavy atom. The molecule has 0 radical (unpaired) electrons. The van der Waals surface area contributed by atoms with Crippen LogP contribution in [0.1, 0.15) is 19.8 Å². The van der Waals surface area contributed by atoms with Gasteiger partial charge in [-0.25, -0.2) is 0 Å². The van der Waals surface area contributed by atoms with Crippen molar-refractivity contribution < 1.29 is 0 Å². The normalized spacial score (nSPS) is 39.2.